The van der Waals surface area contributed by atoms with E-state index >= 15 is 0 Å². The Morgan fingerprint density at radius 1 is 1.20 bits per heavy atom. The summed E-state index contributed by atoms with van der Waals surface area (Å²) in [6, 6.07) is 0.197. The van der Waals surface area contributed by atoms with E-state index in [1.165, 1.54) is 0 Å². The van der Waals surface area contributed by atoms with Crippen molar-refractivity contribution in [1.29, 1.82) is 0 Å². The summed E-state index contributed by atoms with van der Waals surface area (Å²) in [4.78, 5) is 5.13. The topological polar surface area (TPSA) is 32.5 Å². The van der Waals surface area contributed by atoms with Gasteiger partial charge in [-0.15, -0.1) is 0 Å². The number of nitrogens with two attached hydrogens (primary N) is 1. The number of hydrogen-bond acceptors (Lipinski definition) is 3. The van der Waals surface area contributed by atoms with Crippen molar-refractivity contribution in [2.45, 2.75) is 26.8 Å². The van der Waals surface area contributed by atoms with Crippen molar-refractivity contribution in [1.82, 2.24) is 9.80 Å². The molecule has 0 aliphatic rings. The monoisotopic (exact) mass is 231 g/mol. The molecule has 0 amide bonds. The first kappa shape index (κ1) is 14.8. The van der Waals surface area contributed by atoms with Crippen molar-refractivity contribution < 1.29 is 0 Å². The van der Waals surface area contributed by atoms with Crippen molar-refractivity contribution in [3.8, 4) is 0 Å². The molecule has 0 rings (SSSR count). The highest BCUT2D eigenvalue weighted by Gasteiger charge is 2.16. The second-order valence-electron chi connectivity index (χ2n) is 4.77. The molecule has 0 aromatic heterocycles. The van der Waals surface area contributed by atoms with E-state index in [0.717, 1.165) is 19.6 Å². The molecule has 0 aliphatic carbocycles. The summed E-state index contributed by atoms with van der Waals surface area (Å²) in [6.07, 6.45) is 0. The molecule has 0 heterocycles. The molecular weight excluding hydrogens is 206 g/mol. The van der Waals surface area contributed by atoms with Crippen LogP contribution in [0.15, 0.2) is 0 Å². The van der Waals surface area contributed by atoms with Gasteiger partial charge in [0.15, 0.2) is 0 Å². The lowest BCUT2D eigenvalue weighted by Crippen LogP contribution is -2.46. The lowest BCUT2D eigenvalue weighted by atomic mass is 10.1. The van der Waals surface area contributed by atoms with Gasteiger partial charge in [0.1, 0.15) is 0 Å². The van der Waals surface area contributed by atoms with Crippen LogP contribution in [-0.4, -0.2) is 54.6 Å². The Morgan fingerprint density at radius 2 is 1.73 bits per heavy atom. The minimum atomic E-state index is 0.197. The molecule has 4 heteroatoms. The largest absolute Gasteiger partial charge is 0.392 e. The molecule has 0 aromatic rings. The van der Waals surface area contributed by atoms with Crippen molar-refractivity contribution in [3.63, 3.8) is 0 Å². The molecule has 0 radical (unpaired) electrons. The normalized spacial score (nSPS) is 13.9. The van der Waals surface area contributed by atoms with Crippen molar-refractivity contribution in [3.05, 3.63) is 0 Å². The van der Waals surface area contributed by atoms with E-state index in [-0.39, 0.29) is 6.04 Å². The molecule has 90 valence electrons. The molecule has 0 saturated heterocycles. The second kappa shape index (κ2) is 7.14. The Morgan fingerprint density at radius 3 is 2.07 bits per heavy atom. The highest BCUT2D eigenvalue weighted by Crippen LogP contribution is 2.05. The van der Waals surface area contributed by atoms with Crippen LogP contribution in [-0.2, 0) is 0 Å². The Balaban J connectivity index is 4.23. The number of rotatable bonds is 7. The average molecular weight is 231 g/mol. The predicted molar refractivity (Wildman–Crippen MR) is 71.2 cm³/mol. The molecule has 0 fully saturated rings. The zero-order valence-corrected chi connectivity index (χ0v) is 11.5. The van der Waals surface area contributed by atoms with Crippen molar-refractivity contribution in [2.24, 2.45) is 11.7 Å². The molecule has 0 aliphatic heterocycles. The summed E-state index contributed by atoms with van der Waals surface area (Å²) >= 11 is 5.05. The Labute approximate surface area is 99.6 Å². The van der Waals surface area contributed by atoms with Crippen LogP contribution >= 0.6 is 12.2 Å². The average Bonchev–Trinajstić information content (AvgIpc) is 2.10. The molecular formula is C11H25N3S. The molecule has 1 unspecified atom stereocenters. The van der Waals surface area contributed by atoms with Gasteiger partial charge in [-0.25, -0.2) is 0 Å². The van der Waals surface area contributed by atoms with Crippen LogP contribution in [0.5, 0.6) is 0 Å². The second-order valence-corrected chi connectivity index (χ2v) is 5.24. The Bertz CT molecular complexity index is 192. The summed E-state index contributed by atoms with van der Waals surface area (Å²) in [6.45, 7) is 9.62. The number of thiocarbonyl (C=S) groups is 1. The molecule has 0 spiro atoms. The minimum absolute atomic E-state index is 0.197. The maximum absolute atomic E-state index is 5.70. The van der Waals surface area contributed by atoms with Crippen molar-refractivity contribution in [2.75, 3.05) is 33.7 Å². The van der Waals surface area contributed by atoms with E-state index in [1.54, 1.807) is 0 Å². The van der Waals surface area contributed by atoms with E-state index in [9.17, 15) is 0 Å². The highest BCUT2D eigenvalue weighted by atomic mass is 32.1. The fourth-order valence-electron chi connectivity index (χ4n) is 1.42. The van der Waals surface area contributed by atoms with Crippen molar-refractivity contribution >= 4 is 17.2 Å². The summed E-state index contributed by atoms with van der Waals surface area (Å²) in [5, 5.41) is 0. The van der Waals surface area contributed by atoms with Crippen LogP contribution < -0.4 is 5.73 Å². The smallest absolute Gasteiger partial charge is 0.0899 e. The quantitative estimate of drug-likeness (QED) is 0.667. The molecule has 2 N–H and O–H groups in total. The summed E-state index contributed by atoms with van der Waals surface area (Å²) < 4.78 is 0. The molecule has 0 saturated carbocycles. The van der Waals surface area contributed by atoms with Gasteiger partial charge < -0.3 is 10.6 Å². The first-order valence-electron chi connectivity index (χ1n) is 5.52. The summed E-state index contributed by atoms with van der Waals surface area (Å²) in [5.41, 5.74) is 5.70. The standard InChI is InChI=1S/C11H25N3S/c1-9(2)8-14(7-6-13(4)5)10(3)11(12)15/h9-10H,6-8H2,1-5H3,(H2,12,15). The SMILES string of the molecule is CC(C)CN(CCN(C)C)C(C)C(N)=S. The minimum Gasteiger partial charge on any atom is -0.392 e. The van der Waals surface area contributed by atoms with Gasteiger partial charge in [-0.05, 0) is 26.9 Å². The fraction of sp³-hybridized carbons (Fsp3) is 0.909. The van der Waals surface area contributed by atoms with Gasteiger partial charge in [-0.2, -0.15) is 0 Å². The van der Waals surface area contributed by atoms with Gasteiger partial charge in [0.05, 0.1) is 11.0 Å². The lowest BCUT2D eigenvalue weighted by molar-refractivity contribution is 0.203. The molecule has 1 atom stereocenters. The third kappa shape index (κ3) is 6.82. The molecule has 3 nitrogen and oxygen atoms in total. The van der Waals surface area contributed by atoms with Crippen LogP contribution in [0, 0.1) is 5.92 Å². The Kier molecular flexibility index (Phi) is 7.05. The van der Waals surface area contributed by atoms with E-state index < -0.39 is 0 Å². The zero-order chi connectivity index (χ0) is 12.0. The third-order valence-electron chi connectivity index (χ3n) is 2.39. The number of hydrogen-bond donors (Lipinski definition) is 1. The van der Waals surface area contributed by atoms with Gasteiger partial charge in [-0.3, -0.25) is 4.90 Å². The third-order valence-corrected chi connectivity index (χ3v) is 2.73. The number of nitrogens with zero attached hydrogens (tertiary/aromatic N) is 2. The first-order valence-corrected chi connectivity index (χ1v) is 5.93. The van der Waals surface area contributed by atoms with Gasteiger partial charge in [0.2, 0.25) is 0 Å². The Hall–Kier alpha value is -0.190. The highest BCUT2D eigenvalue weighted by molar-refractivity contribution is 7.80. The van der Waals surface area contributed by atoms with Crippen LogP contribution in [0.2, 0.25) is 0 Å². The van der Waals surface area contributed by atoms with Crippen LogP contribution in [0.3, 0.4) is 0 Å². The molecule has 0 bridgehead atoms. The van der Waals surface area contributed by atoms with Gasteiger partial charge >= 0.3 is 0 Å². The van der Waals surface area contributed by atoms with Gasteiger partial charge in [0, 0.05) is 19.6 Å². The van der Waals surface area contributed by atoms with Gasteiger partial charge in [0.25, 0.3) is 0 Å². The van der Waals surface area contributed by atoms with Crippen LogP contribution in [0.25, 0.3) is 0 Å². The predicted octanol–water partition coefficient (Wildman–Crippen LogP) is 1.18. The van der Waals surface area contributed by atoms with E-state index in [4.69, 9.17) is 18.0 Å². The van der Waals surface area contributed by atoms with E-state index in [1.807, 2.05) is 0 Å². The summed E-state index contributed by atoms with van der Waals surface area (Å²) in [5.74, 6) is 0.643. The van der Waals surface area contributed by atoms with Gasteiger partial charge in [-0.1, -0.05) is 26.1 Å². The maximum Gasteiger partial charge on any atom is 0.0899 e. The molecule has 0 aromatic carbocycles. The first-order chi connectivity index (χ1) is 6.84. The molecule has 15 heavy (non-hydrogen) atoms. The lowest BCUT2D eigenvalue weighted by Gasteiger charge is -2.30. The van der Waals surface area contributed by atoms with E-state index in [0.29, 0.717) is 10.9 Å². The fourth-order valence-corrected chi connectivity index (χ4v) is 1.57. The zero-order valence-electron chi connectivity index (χ0n) is 10.7. The number of likely N-dealkylation sites (N-methyl/N-ethyl adjacent to an activating group) is 1. The van der Waals surface area contributed by atoms with Crippen LogP contribution in [0.1, 0.15) is 20.8 Å². The summed E-state index contributed by atoms with van der Waals surface area (Å²) in [7, 11) is 4.16. The maximum atomic E-state index is 5.70. The van der Waals surface area contributed by atoms with E-state index in [2.05, 4.69) is 44.7 Å². The van der Waals surface area contributed by atoms with Crippen LogP contribution in [0.4, 0.5) is 0 Å².